The largest absolute Gasteiger partial charge is 0.284 e. The molecule has 0 aliphatic heterocycles. The van der Waals surface area contributed by atoms with Crippen molar-refractivity contribution in [2.24, 2.45) is 0 Å². The second kappa shape index (κ2) is 11.9. The Morgan fingerprint density at radius 3 is 1.53 bits per heavy atom. The molecule has 238 valence electrons. The summed E-state index contributed by atoms with van der Waals surface area (Å²) in [6, 6.07) is 58.9. The molecule has 5 heteroatoms. The lowest BCUT2D eigenvalue weighted by Crippen LogP contribution is -1.95. The van der Waals surface area contributed by atoms with Gasteiger partial charge >= 0.3 is 0 Å². The fourth-order valence-corrected chi connectivity index (χ4v) is 7.06. The van der Waals surface area contributed by atoms with Crippen LogP contribution in [0.3, 0.4) is 0 Å². The van der Waals surface area contributed by atoms with E-state index in [-0.39, 0.29) is 0 Å². The van der Waals surface area contributed by atoms with Gasteiger partial charge in [0.2, 0.25) is 0 Å². The predicted octanol–water partition coefficient (Wildman–Crippen LogP) is 11.3. The molecule has 0 radical (unpaired) electrons. The minimum Gasteiger partial charge on any atom is -0.284 e. The quantitative estimate of drug-likeness (QED) is 0.186. The molecule has 51 heavy (non-hydrogen) atoms. The maximum atomic E-state index is 5.17. The lowest BCUT2D eigenvalue weighted by Gasteiger charge is -2.11. The molecule has 5 nitrogen and oxygen atoms in total. The predicted molar refractivity (Wildman–Crippen MR) is 208 cm³/mol. The topological polar surface area (TPSA) is 56.0 Å². The normalized spacial score (nSPS) is 11.5. The van der Waals surface area contributed by atoms with Crippen LogP contribution in [0.2, 0.25) is 0 Å². The van der Waals surface area contributed by atoms with Crippen molar-refractivity contribution in [1.82, 2.24) is 24.3 Å². The van der Waals surface area contributed by atoms with E-state index in [1.165, 1.54) is 11.1 Å². The summed E-state index contributed by atoms with van der Waals surface area (Å²) in [5.74, 6) is 0.714. The first-order valence-electron chi connectivity index (χ1n) is 17.1. The number of fused-ring (bicyclic) bond motifs is 6. The van der Waals surface area contributed by atoms with E-state index in [4.69, 9.17) is 19.9 Å². The summed E-state index contributed by atoms with van der Waals surface area (Å²) in [4.78, 5) is 20.2. The molecule has 0 saturated carbocycles. The second-order valence-electron chi connectivity index (χ2n) is 12.7. The SMILES string of the molecule is c1ccc(-c2ccc(-c3nc(-c4ccc(-c5ccc(-c6nc7c(nc8ccccn87)c7ccccc67)cc5)cc4)c4ccccc4n3)cc2)cc1. The van der Waals surface area contributed by atoms with Crippen molar-refractivity contribution in [3.63, 3.8) is 0 Å². The molecular formula is C46H29N5. The van der Waals surface area contributed by atoms with Crippen LogP contribution in [-0.2, 0) is 0 Å². The molecule has 0 amide bonds. The second-order valence-corrected chi connectivity index (χ2v) is 12.7. The number of rotatable bonds is 5. The Morgan fingerprint density at radius 2 is 0.843 bits per heavy atom. The fourth-order valence-electron chi connectivity index (χ4n) is 7.06. The first-order valence-corrected chi connectivity index (χ1v) is 17.1. The Morgan fingerprint density at radius 1 is 0.333 bits per heavy atom. The number of hydrogen-bond acceptors (Lipinski definition) is 4. The molecule has 4 aromatic heterocycles. The van der Waals surface area contributed by atoms with E-state index in [1.54, 1.807) is 0 Å². The first-order chi connectivity index (χ1) is 25.3. The molecule has 0 bridgehead atoms. The Balaban J connectivity index is 0.991. The minimum absolute atomic E-state index is 0.714. The third-order valence-electron chi connectivity index (χ3n) is 9.66. The zero-order chi connectivity index (χ0) is 33.7. The average molecular weight is 652 g/mol. The molecule has 4 heterocycles. The Kier molecular flexibility index (Phi) is 6.74. The summed E-state index contributed by atoms with van der Waals surface area (Å²) in [5.41, 5.74) is 13.2. The Hall–Kier alpha value is -6.98. The van der Waals surface area contributed by atoms with Gasteiger partial charge in [-0.2, -0.15) is 0 Å². The maximum Gasteiger partial charge on any atom is 0.165 e. The minimum atomic E-state index is 0.714. The zero-order valence-electron chi connectivity index (χ0n) is 27.5. The van der Waals surface area contributed by atoms with Crippen LogP contribution in [0.1, 0.15) is 0 Å². The number of para-hydroxylation sites is 1. The van der Waals surface area contributed by atoms with Gasteiger partial charge in [0.05, 0.1) is 16.9 Å². The van der Waals surface area contributed by atoms with Gasteiger partial charge in [-0.1, -0.05) is 152 Å². The number of aromatic nitrogens is 5. The van der Waals surface area contributed by atoms with Gasteiger partial charge in [0.15, 0.2) is 11.5 Å². The van der Waals surface area contributed by atoms with E-state index < -0.39 is 0 Å². The van der Waals surface area contributed by atoms with Gasteiger partial charge in [0, 0.05) is 39.0 Å². The van der Waals surface area contributed by atoms with Gasteiger partial charge < -0.3 is 0 Å². The van der Waals surface area contributed by atoms with Gasteiger partial charge in [-0.25, -0.2) is 19.9 Å². The molecule has 10 aromatic rings. The molecule has 0 saturated heterocycles. The summed E-state index contributed by atoms with van der Waals surface area (Å²) in [5, 5.41) is 3.22. The van der Waals surface area contributed by atoms with Crippen LogP contribution in [0, 0.1) is 0 Å². The van der Waals surface area contributed by atoms with Crippen molar-refractivity contribution in [2.45, 2.75) is 0 Å². The summed E-state index contributed by atoms with van der Waals surface area (Å²) in [6.45, 7) is 0. The molecular weight excluding hydrogens is 623 g/mol. The highest BCUT2D eigenvalue weighted by Crippen LogP contribution is 2.35. The molecule has 0 fully saturated rings. The summed E-state index contributed by atoms with van der Waals surface area (Å²) in [7, 11) is 0. The van der Waals surface area contributed by atoms with E-state index in [1.807, 2.05) is 42.6 Å². The average Bonchev–Trinajstić information content (AvgIpc) is 3.60. The lowest BCUT2D eigenvalue weighted by molar-refractivity contribution is 1.19. The summed E-state index contributed by atoms with van der Waals surface area (Å²) < 4.78 is 2.06. The fraction of sp³-hybridized carbons (Fsp3) is 0. The monoisotopic (exact) mass is 651 g/mol. The van der Waals surface area contributed by atoms with Crippen LogP contribution >= 0.6 is 0 Å². The van der Waals surface area contributed by atoms with Crippen molar-refractivity contribution < 1.29 is 0 Å². The lowest BCUT2D eigenvalue weighted by atomic mass is 9.98. The summed E-state index contributed by atoms with van der Waals surface area (Å²) >= 11 is 0. The van der Waals surface area contributed by atoms with Crippen LogP contribution in [0.5, 0.6) is 0 Å². The third-order valence-corrected chi connectivity index (χ3v) is 9.66. The zero-order valence-corrected chi connectivity index (χ0v) is 27.5. The van der Waals surface area contributed by atoms with Crippen molar-refractivity contribution in [3.8, 4) is 56.2 Å². The third kappa shape index (κ3) is 5.03. The highest BCUT2D eigenvalue weighted by atomic mass is 15.1. The maximum absolute atomic E-state index is 5.17. The van der Waals surface area contributed by atoms with Gasteiger partial charge in [-0.3, -0.25) is 4.40 Å². The molecule has 0 aliphatic carbocycles. The highest BCUT2D eigenvalue weighted by molar-refractivity contribution is 6.09. The van der Waals surface area contributed by atoms with Crippen LogP contribution in [-0.4, -0.2) is 24.3 Å². The van der Waals surface area contributed by atoms with Gasteiger partial charge in [-0.15, -0.1) is 0 Å². The number of hydrogen-bond donors (Lipinski definition) is 0. The standard InChI is InChI=1S/C46H29N5/c1-2-10-30(11-3-1)31-21-27-36(28-22-31)45-47-40-15-7-6-14-39(40)43(49-45)35-25-19-33(20-26-35)32-17-23-34(24-18-32)42-37-12-4-5-13-38(37)44-46(50-42)51-29-9-8-16-41(51)48-44/h1-29H. The summed E-state index contributed by atoms with van der Waals surface area (Å²) in [6.07, 6.45) is 2.03. The van der Waals surface area contributed by atoms with E-state index in [9.17, 15) is 0 Å². The first kappa shape index (κ1) is 29.0. The van der Waals surface area contributed by atoms with Crippen LogP contribution < -0.4 is 0 Å². The molecule has 0 aliphatic rings. The number of benzene rings is 6. The van der Waals surface area contributed by atoms with Gasteiger partial charge in [0.25, 0.3) is 0 Å². The van der Waals surface area contributed by atoms with E-state index >= 15 is 0 Å². The molecule has 10 rings (SSSR count). The van der Waals surface area contributed by atoms with Crippen molar-refractivity contribution in [1.29, 1.82) is 0 Å². The number of imidazole rings is 1. The van der Waals surface area contributed by atoms with Crippen LogP contribution in [0.4, 0.5) is 0 Å². The molecule has 0 atom stereocenters. The number of pyridine rings is 2. The highest BCUT2D eigenvalue weighted by Gasteiger charge is 2.16. The van der Waals surface area contributed by atoms with E-state index in [0.29, 0.717) is 5.82 Å². The van der Waals surface area contributed by atoms with Crippen molar-refractivity contribution in [2.75, 3.05) is 0 Å². The molecule has 6 aromatic carbocycles. The van der Waals surface area contributed by atoms with E-state index in [0.717, 1.165) is 77.7 Å². The molecule has 0 unspecified atom stereocenters. The number of nitrogens with zero attached hydrogens (tertiary/aromatic N) is 5. The van der Waals surface area contributed by atoms with Crippen molar-refractivity contribution >= 4 is 38.5 Å². The molecule has 0 N–H and O–H groups in total. The van der Waals surface area contributed by atoms with E-state index in [2.05, 4.69) is 138 Å². The van der Waals surface area contributed by atoms with Crippen LogP contribution in [0.15, 0.2) is 176 Å². The Labute approximate surface area is 294 Å². The van der Waals surface area contributed by atoms with Crippen molar-refractivity contribution in [3.05, 3.63) is 176 Å². The van der Waals surface area contributed by atoms with Gasteiger partial charge in [-0.05, 0) is 40.5 Å². The smallest absolute Gasteiger partial charge is 0.165 e. The van der Waals surface area contributed by atoms with Crippen LogP contribution in [0.25, 0.3) is 94.6 Å². The van der Waals surface area contributed by atoms with Gasteiger partial charge in [0.1, 0.15) is 11.2 Å². The molecule has 0 spiro atoms. The Bertz CT molecular complexity index is 2880.